The molecule has 236 valence electrons. The van der Waals surface area contributed by atoms with E-state index in [0.29, 0.717) is 0 Å². The number of rotatable bonds is 13. The molecule has 13 atom stereocenters. The van der Waals surface area contributed by atoms with E-state index >= 15 is 0 Å². The van der Waals surface area contributed by atoms with E-state index in [-0.39, 0.29) is 31.4 Å². The van der Waals surface area contributed by atoms with Gasteiger partial charge in [-0.25, -0.2) is 0 Å². The lowest BCUT2D eigenvalue weighted by molar-refractivity contribution is 0.294. The van der Waals surface area contributed by atoms with E-state index in [1.54, 1.807) is 12.8 Å². The highest BCUT2D eigenvalue weighted by Gasteiger charge is 2.57. The van der Waals surface area contributed by atoms with Gasteiger partial charge < -0.3 is 4.81 Å². The quantitative estimate of drug-likeness (QED) is 0.143. The van der Waals surface area contributed by atoms with E-state index in [1.807, 2.05) is 5.06 Å². The molecule has 4 heterocycles. The van der Waals surface area contributed by atoms with Crippen LogP contribution >= 0.6 is 31.4 Å². The summed E-state index contributed by atoms with van der Waals surface area (Å²) in [6, 6.07) is 0. The molecule has 1 nitrogen and oxygen atoms in total. The monoisotopic (exact) mass is 637 g/mol. The molecule has 4 saturated heterocycles. The first kappa shape index (κ1) is 35.3. The Morgan fingerprint density at radius 2 is 1.10 bits per heavy atom. The first-order chi connectivity index (χ1) is 19.7. The van der Waals surface area contributed by atoms with E-state index in [4.69, 9.17) is 6.58 Å². The third kappa shape index (κ3) is 6.81. The van der Waals surface area contributed by atoms with Crippen molar-refractivity contribution >= 4 is 37.7 Å². The minimum Gasteiger partial charge on any atom is -0.340 e. The summed E-state index contributed by atoms with van der Waals surface area (Å²) in [4.78, 5) is 2.80. The van der Waals surface area contributed by atoms with Crippen LogP contribution in [0.2, 0.25) is 0 Å². The lowest BCUT2D eigenvalue weighted by Gasteiger charge is -2.43. The fraction of sp³-hybridized carbons (Fsp3) is 0.943. The molecule has 41 heavy (non-hydrogen) atoms. The predicted molar refractivity (Wildman–Crippen MR) is 199 cm³/mol. The molecule has 4 rings (SSSR count). The number of hydrogen-bond donors (Lipinski definition) is 0. The Morgan fingerprint density at radius 3 is 1.59 bits per heavy atom. The molecule has 4 aliphatic heterocycles. The Labute approximate surface area is 263 Å². The highest BCUT2D eigenvalue weighted by Crippen LogP contribution is 2.80. The summed E-state index contributed by atoms with van der Waals surface area (Å²) in [5.41, 5.74) is 7.88. The van der Waals surface area contributed by atoms with Crippen molar-refractivity contribution in [3.8, 4) is 0 Å². The molecule has 0 aromatic carbocycles. The van der Waals surface area contributed by atoms with Gasteiger partial charge in [0.2, 0.25) is 0 Å². The van der Waals surface area contributed by atoms with Crippen LogP contribution in [0.5, 0.6) is 0 Å². The van der Waals surface area contributed by atoms with Gasteiger partial charge in [-0.15, -0.1) is 15.6 Å². The maximum atomic E-state index is 5.15. The van der Waals surface area contributed by atoms with Crippen molar-refractivity contribution < 1.29 is 0 Å². The normalized spacial score (nSPS) is 43.4. The SMILES string of the molecule is C=C(P1[C@H](CC)CC[C@H]1CC)P1[C@H](CC)CC(C2C[C@@H](CC)P(B(N(C)C)P3[C@H](CC)CC[C@H]3C)[C@@H]2CC)[C@H]1CC. The van der Waals surface area contributed by atoms with Crippen molar-refractivity contribution in [1.29, 1.82) is 0 Å². The second-order valence-electron chi connectivity index (χ2n) is 14.5. The minimum atomic E-state index is -0.0396. The average Bonchev–Trinajstić information content (AvgIpc) is 3.74. The molecule has 0 spiro atoms. The van der Waals surface area contributed by atoms with Crippen molar-refractivity contribution in [3.63, 3.8) is 0 Å². The fourth-order valence-corrected chi connectivity index (χ4v) is 30.8. The molecule has 5 unspecified atom stereocenters. The standard InChI is InChI=1S/C35H68BNP4/c1-12-27-21-22-28(13-2)38(27)26(9)39-30(15-4)23-32(34(39)17-6)33-24-31(16-5)41(35(33)18-7)36(37(10)11)40-25(8)19-20-29(40)14-3/h25,27-35H,9,12-24H2,1-8,10-11H3/t25-,27-,28-,29-,30-,31-,32?,33?,34-,35-,39?,40?,41?/m1/s1. The molecule has 0 saturated carbocycles. The van der Waals surface area contributed by atoms with E-state index in [0.717, 1.165) is 63.4 Å². The second-order valence-corrected chi connectivity index (χ2v) is 26.6. The Balaban J connectivity index is 1.66. The Hall–Kier alpha value is 1.48. The second kappa shape index (κ2) is 15.9. The van der Waals surface area contributed by atoms with Crippen LogP contribution in [0, 0.1) is 11.8 Å². The van der Waals surface area contributed by atoms with Gasteiger partial charge >= 0.3 is 0 Å². The van der Waals surface area contributed by atoms with Crippen LogP contribution in [-0.4, -0.2) is 70.5 Å². The molecule has 0 bridgehead atoms. The Bertz CT molecular complexity index is 827. The largest absolute Gasteiger partial charge is 0.340 e. The summed E-state index contributed by atoms with van der Waals surface area (Å²) in [7, 11) is 5.10. The zero-order chi connectivity index (χ0) is 30.0. The molecular formula is C35H68BNP4. The lowest BCUT2D eigenvalue weighted by atomic mass is 9.79. The molecule has 4 aliphatic rings. The maximum Gasteiger partial charge on any atom is 0.282 e. The van der Waals surface area contributed by atoms with E-state index in [1.165, 1.54) is 70.6 Å². The van der Waals surface area contributed by atoms with E-state index < -0.39 is 0 Å². The maximum absolute atomic E-state index is 5.15. The van der Waals surface area contributed by atoms with Crippen molar-refractivity contribution in [3.05, 3.63) is 11.6 Å². The Morgan fingerprint density at radius 1 is 0.610 bits per heavy atom. The van der Waals surface area contributed by atoms with Crippen molar-refractivity contribution in [1.82, 2.24) is 4.81 Å². The molecule has 0 amide bonds. The number of hydrogen-bond acceptors (Lipinski definition) is 1. The molecule has 0 aromatic heterocycles. The Kier molecular flexibility index (Phi) is 13.7. The summed E-state index contributed by atoms with van der Waals surface area (Å²) in [5, 5.41) is 1.87. The van der Waals surface area contributed by atoms with Gasteiger partial charge in [-0.2, -0.15) is 0 Å². The first-order valence-electron chi connectivity index (χ1n) is 18.2. The van der Waals surface area contributed by atoms with E-state index in [9.17, 15) is 0 Å². The van der Waals surface area contributed by atoms with Gasteiger partial charge in [0, 0.05) is 0 Å². The molecule has 6 heteroatoms. The van der Waals surface area contributed by atoms with Crippen LogP contribution in [0.1, 0.15) is 139 Å². The summed E-state index contributed by atoms with van der Waals surface area (Å²) in [6.07, 6.45) is 19.9. The summed E-state index contributed by atoms with van der Waals surface area (Å²) >= 11 is 0. The van der Waals surface area contributed by atoms with Gasteiger partial charge in [0.1, 0.15) is 0 Å². The van der Waals surface area contributed by atoms with Crippen LogP contribution in [-0.2, 0) is 0 Å². The molecule has 0 aromatic rings. The predicted octanol–water partition coefficient (Wildman–Crippen LogP) is 12.4. The van der Waals surface area contributed by atoms with Crippen LogP contribution in [0.3, 0.4) is 0 Å². The lowest BCUT2D eigenvalue weighted by Crippen LogP contribution is -2.38. The van der Waals surface area contributed by atoms with Gasteiger partial charge in [-0.3, -0.25) is 0 Å². The third-order valence-corrected chi connectivity index (χ3v) is 29.9. The van der Waals surface area contributed by atoms with Crippen LogP contribution in [0.4, 0.5) is 0 Å². The molecule has 0 radical (unpaired) electrons. The van der Waals surface area contributed by atoms with Gasteiger partial charge in [0.25, 0.3) is 6.29 Å². The van der Waals surface area contributed by atoms with Gasteiger partial charge in [-0.1, -0.05) is 77.8 Å². The summed E-state index contributed by atoms with van der Waals surface area (Å²) < 4.78 is 0. The van der Waals surface area contributed by atoms with Crippen molar-refractivity contribution in [2.45, 2.75) is 184 Å². The van der Waals surface area contributed by atoms with Crippen molar-refractivity contribution in [2.24, 2.45) is 11.8 Å². The van der Waals surface area contributed by atoms with E-state index in [2.05, 4.69) is 74.3 Å². The van der Waals surface area contributed by atoms with Crippen molar-refractivity contribution in [2.75, 3.05) is 14.1 Å². The highest BCUT2D eigenvalue weighted by atomic mass is 31.2. The minimum absolute atomic E-state index is 0.0213. The molecule has 0 N–H and O–H groups in total. The highest BCUT2D eigenvalue weighted by molar-refractivity contribution is 8.20. The zero-order valence-corrected chi connectivity index (χ0v) is 32.6. The number of nitrogens with zero attached hydrogens (tertiary/aromatic N) is 1. The fourth-order valence-electron chi connectivity index (χ4n) is 10.5. The molecule has 0 aliphatic carbocycles. The average molecular weight is 638 g/mol. The van der Waals surface area contributed by atoms with Gasteiger partial charge in [0.05, 0.1) is 0 Å². The third-order valence-electron chi connectivity index (χ3n) is 12.4. The topological polar surface area (TPSA) is 3.24 Å². The van der Waals surface area contributed by atoms with Gasteiger partial charge in [-0.05, 0) is 160 Å². The summed E-state index contributed by atoms with van der Waals surface area (Å²) in [5.74, 6) is 1.97. The van der Waals surface area contributed by atoms with Crippen LogP contribution in [0.25, 0.3) is 0 Å². The molecule has 4 fully saturated rings. The van der Waals surface area contributed by atoms with Crippen LogP contribution < -0.4 is 0 Å². The van der Waals surface area contributed by atoms with Crippen LogP contribution in [0.15, 0.2) is 11.6 Å². The first-order valence-corrected chi connectivity index (χ1v) is 24.2. The van der Waals surface area contributed by atoms with Gasteiger partial charge in [0.15, 0.2) is 0 Å². The zero-order valence-electron chi connectivity index (χ0n) is 29.0. The summed E-state index contributed by atoms with van der Waals surface area (Å²) in [6.45, 7) is 25.6. The molecular weight excluding hydrogens is 569 g/mol. The smallest absolute Gasteiger partial charge is 0.282 e.